The minimum absolute atomic E-state index is 0.0403. The van der Waals surface area contributed by atoms with Gasteiger partial charge in [-0.2, -0.15) is 0 Å². The van der Waals surface area contributed by atoms with Gasteiger partial charge in [0.15, 0.2) is 0 Å². The number of carbonyl (C=O) groups is 1. The zero-order valence-corrected chi connectivity index (χ0v) is 10.8. The Labute approximate surface area is 103 Å². The minimum Gasteiger partial charge on any atom is -0.373 e. The summed E-state index contributed by atoms with van der Waals surface area (Å²) < 4.78 is 5.89. The Morgan fingerprint density at radius 3 is 2.71 bits per heavy atom. The quantitative estimate of drug-likeness (QED) is 0.783. The van der Waals surface area contributed by atoms with Crippen molar-refractivity contribution in [1.82, 2.24) is 10.2 Å². The first-order chi connectivity index (χ1) is 8.08. The molecule has 0 saturated carbocycles. The highest BCUT2D eigenvalue weighted by molar-refractivity contribution is 5.84. The first-order valence-electron chi connectivity index (χ1n) is 6.81. The van der Waals surface area contributed by atoms with Gasteiger partial charge in [-0.25, -0.2) is 0 Å². The Kier molecular flexibility index (Phi) is 2.67. The van der Waals surface area contributed by atoms with Crippen molar-refractivity contribution in [3.8, 4) is 0 Å². The van der Waals surface area contributed by atoms with Crippen LogP contribution in [-0.2, 0) is 9.53 Å². The van der Waals surface area contributed by atoms with Gasteiger partial charge in [0, 0.05) is 0 Å². The normalized spacial score (nSPS) is 45.3. The number of hydrogen-bond acceptors (Lipinski definition) is 3. The molecule has 5 unspecified atom stereocenters. The van der Waals surface area contributed by atoms with Gasteiger partial charge in [-0.15, -0.1) is 0 Å². The van der Waals surface area contributed by atoms with Crippen LogP contribution in [0.1, 0.15) is 40.0 Å². The van der Waals surface area contributed by atoms with Crippen molar-refractivity contribution in [2.45, 2.75) is 70.5 Å². The summed E-state index contributed by atoms with van der Waals surface area (Å²) in [5, 5.41) is 3.41. The summed E-state index contributed by atoms with van der Waals surface area (Å²) in [4.78, 5) is 14.4. The summed E-state index contributed by atoms with van der Waals surface area (Å²) in [5.41, 5.74) is 0. The largest absolute Gasteiger partial charge is 0.373 e. The Hall–Kier alpha value is -0.610. The molecule has 3 saturated heterocycles. The van der Waals surface area contributed by atoms with Crippen LogP contribution in [0, 0.1) is 5.92 Å². The fourth-order valence-corrected chi connectivity index (χ4v) is 3.56. The minimum atomic E-state index is -0.0403. The fourth-order valence-electron chi connectivity index (χ4n) is 3.56. The summed E-state index contributed by atoms with van der Waals surface area (Å²) in [6, 6.07) is 0.271. The van der Waals surface area contributed by atoms with Crippen LogP contribution in [0.4, 0.5) is 0 Å². The standard InChI is InChI=1S/C13H22N2O2/c1-7(2)12-14-8(3)13(16)15(12)10-6-9-4-5-11(10)17-9/h7-12,14H,4-6H2,1-3H3. The number of nitrogens with zero attached hydrogens (tertiary/aromatic N) is 1. The molecule has 0 aliphatic carbocycles. The molecule has 3 aliphatic rings. The molecule has 0 radical (unpaired) electrons. The molecule has 0 aromatic carbocycles. The lowest BCUT2D eigenvalue weighted by Crippen LogP contribution is -2.50. The van der Waals surface area contributed by atoms with Crippen LogP contribution in [0.5, 0.6) is 0 Å². The van der Waals surface area contributed by atoms with Crippen molar-refractivity contribution in [1.29, 1.82) is 0 Å². The molecule has 3 heterocycles. The fraction of sp³-hybridized carbons (Fsp3) is 0.923. The number of carbonyl (C=O) groups excluding carboxylic acids is 1. The van der Waals surface area contributed by atoms with E-state index in [4.69, 9.17) is 4.74 Å². The third kappa shape index (κ3) is 1.69. The highest BCUT2D eigenvalue weighted by Crippen LogP contribution is 2.39. The van der Waals surface area contributed by atoms with E-state index < -0.39 is 0 Å². The number of ether oxygens (including phenoxy) is 1. The van der Waals surface area contributed by atoms with Crippen molar-refractivity contribution >= 4 is 5.91 Å². The lowest BCUT2D eigenvalue weighted by atomic mass is 9.93. The van der Waals surface area contributed by atoms with Crippen LogP contribution >= 0.6 is 0 Å². The van der Waals surface area contributed by atoms with Crippen LogP contribution in [0.2, 0.25) is 0 Å². The first kappa shape index (κ1) is 11.5. The maximum absolute atomic E-state index is 12.3. The molecular formula is C13H22N2O2. The van der Waals surface area contributed by atoms with Crippen molar-refractivity contribution in [3.05, 3.63) is 0 Å². The lowest BCUT2D eigenvalue weighted by molar-refractivity contribution is -0.133. The predicted molar refractivity (Wildman–Crippen MR) is 64.4 cm³/mol. The van der Waals surface area contributed by atoms with Crippen LogP contribution in [-0.4, -0.2) is 41.3 Å². The smallest absolute Gasteiger partial charge is 0.241 e. The van der Waals surface area contributed by atoms with Crippen LogP contribution in [0.25, 0.3) is 0 Å². The number of fused-ring (bicyclic) bond motifs is 2. The van der Waals surface area contributed by atoms with E-state index in [2.05, 4.69) is 24.1 Å². The second-order valence-corrected chi connectivity index (χ2v) is 6.00. The molecule has 4 heteroatoms. The monoisotopic (exact) mass is 238 g/mol. The van der Waals surface area contributed by atoms with Gasteiger partial charge in [-0.05, 0) is 32.1 Å². The van der Waals surface area contributed by atoms with Gasteiger partial charge in [0.25, 0.3) is 0 Å². The zero-order valence-electron chi connectivity index (χ0n) is 10.8. The molecule has 3 aliphatic heterocycles. The van der Waals surface area contributed by atoms with Crippen LogP contribution in [0.15, 0.2) is 0 Å². The van der Waals surface area contributed by atoms with Crippen molar-refractivity contribution in [3.63, 3.8) is 0 Å². The van der Waals surface area contributed by atoms with E-state index in [1.165, 1.54) is 6.42 Å². The maximum atomic E-state index is 12.3. The summed E-state index contributed by atoms with van der Waals surface area (Å²) in [7, 11) is 0. The zero-order chi connectivity index (χ0) is 12.2. The number of hydrogen-bond donors (Lipinski definition) is 1. The van der Waals surface area contributed by atoms with E-state index in [-0.39, 0.29) is 24.2 Å². The average Bonchev–Trinajstić information content (AvgIpc) is 2.94. The maximum Gasteiger partial charge on any atom is 0.241 e. The third-order valence-corrected chi connectivity index (χ3v) is 4.41. The molecule has 3 fully saturated rings. The number of amides is 1. The highest BCUT2D eigenvalue weighted by atomic mass is 16.5. The number of nitrogens with one attached hydrogen (secondary N) is 1. The summed E-state index contributed by atoms with van der Waals surface area (Å²) >= 11 is 0. The molecule has 17 heavy (non-hydrogen) atoms. The highest BCUT2D eigenvalue weighted by Gasteiger charge is 2.50. The summed E-state index contributed by atoms with van der Waals surface area (Å²) in [6.07, 6.45) is 4.22. The van der Waals surface area contributed by atoms with Gasteiger partial charge < -0.3 is 9.64 Å². The topological polar surface area (TPSA) is 41.6 Å². The summed E-state index contributed by atoms with van der Waals surface area (Å²) in [5.74, 6) is 0.702. The Morgan fingerprint density at radius 1 is 1.41 bits per heavy atom. The molecular weight excluding hydrogens is 216 g/mol. The van der Waals surface area contributed by atoms with Gasteiger partial charge in [-0.1, -0.05) is 13.8 Å². The average molecular weight is 238 g/mol. The molecule has 4 nitrogen and oxygen atoms in total. The lowest BCUT2D eigenvalue weighted by Gasteiger charge is -2.35. The van der Waals surface area contributed by atoms with Gasteiger partial charge in [0.2, 0.25) is 5.91 Å². The predicted octanol–water partition coefficient (Wildman–Crippen LogP) is 1.11. The van der Waals surface area contributed by atoms with E-state index in [0.717, 1.165) is 12.8 Å². The second kappa shape index (κ2) is 3.95. The van der Waals surface area contributed by atoms with Crippen molar-refractivity contribution in [2.75, 3.05) is 0 Å². The molecule has 2 bridgehead atoms. The van der Waals surface area contributed by atoms with Crippen molar-refractivity contribution in [2.24, 2.45) is 5.92 Å². The van der Waals surface area contributed by atoms with Crippen LogP contribution in [0.3, 0.4) is 0 Å². The number of rotatable bonds is 2. The van der Waals surface area contributed by atoms with Gasteiger partial charge in [0.1, 0.15) is 0 Å². The molecule has 1 amide bonds. The molecule has 96 valence electrons. The molecule has 0 aromatic rings. The molecule has 5 atom stereocenters. The Bertz CT molecular complexity index is 331. The third-order valence-electron chi connectivity index (χ3n) is 4.41. The molecule has 0 spiro atoms. The SMILES string of the molecule is CC1NC(C(C)C)N(C2CC3CCC2O3)C1=O. The first-order valence-corrected chi connectivity index (χ1v) is 6.81. The Balaban J connectivity index is 1.82. The van der Waals surface area contributed by atoms with Gasteiger partial charge in [0.05, 0.1) is 30.5 Å². The molecule has 1 N–H and O–H groups in total. The summed E-state index contributed by atoms with van der Waals surface area (Å²) in [6.45, 7) is 6.31. The van der Waals surface area contributed by atoms with E-state index in [9.17, 15) is 4.79 Å². The molecule has 0 aromatic heterocycles. The van der Waals surface area contributed by atoms with E-state index >= 15 is 0 Å². The van der Waals surface area contributed by atoms with E-state index in [1.807, 2.05) is 6.92 Å². The van der Waals surface area contributed by atoms with Crippen LogP contribution < -0.4 is 5.32 Å². The van der Waals surface area contributed by atoms with Gasteiger partial charge in [-0.3, -0.25) is 10.1 Å². The van der Waals surface area contributed by atoms with Gasteiger partial charge >= 0.3 is 0 Å². The van der Waals surface area contributed by atoms with Crippen molar-refractivity contribution < 1.29 is 9.53 Å². The molecule has 3 rings (SSSR count). The second-order valence-electron chi connectivity index (χ2n) is 6.00. The van der Waals surface area contributed by atoms with E-state index in [1.54, 1.807) is 0 Å². The Morgan fingerprint density at radius 2 is 2.18 bits per heavy atom. The van der Waals surface area contributed by atoms with E-state index in [0.29, 0.717) is 18.1 Å².